The lowest BCUT2D eigenvalue weighted by atomic mass is 10.1. The number of thiazole rings is 1. The van der Waals surface area contributed by atoms with Gasteiger partial charge in [0.1, 0.15) is 23.8 Å². The van der Waals surface area contributed by atoms with Gasteiger partial charge in [0, 0.05) is 29.3 Å². The lowest BCUT2D eigenvalue weighted by molar-refractivity contribution is -0.117. The molecule has 8 nitrogen and oxygen atoms in total. The average molecular weight is 437 g/mol. The second-order valence-corrected chi connectivity index (χ2v) is 7.22. The van der Waals surface area contributed by atoms with Crippen molar-refractivity contribution in [2.45, 2.75) is 6.54 Å². The first-order valence-corrected chi connectivity index (χ1v) is 10.0. The van der Waals surface area contributed by atoms with Gasteiger partial charge in [0.15, 0.2) is 5.13 Å². The highest BCUT2D eigenvalue weighted by Gasteiger charge is 2.13. The van der Waals surface area contributed by atoms with Gasteiger partial charge in [0.2, 0.25) is 5.91 Å². The molecular formula is C21H16FN5O3S. The van der Waals surface area contributed by atoms with E-state index in [0.717, 1.165) is 4.68 Å². The van der Waals surface area contributed by atoms with Crippen LogP contribution in [0.3, 0.4) is 0 Å². The number of nitrogens with one attached hydrogen (secondary N) is 1. The number of hydrogen-bond acceptors (Lipinski definition) is 7. The number of aromatic nitrogens is 4. The van der Waals surface area contributed by atoms with Crippen LogP contribution in [0.1, 0.15) is 0 Å². The fourth-order valence-electron chi connectivity index (χ4n) is 2.84. The van der Waals surface area contributed by atoms with Gasteiger partial charge in [-0.3, -0.25) is 14.6 Å². The summed E-state index contributed by atoms with van der Waals surface area (Å²) >= 11 is 1.25. The third-order valence-electron chi connectivity index (χ3n) is 4.28. The number of methoxy groups -OCH3 is 1. The second kappa shape index (κ2) is 8.84. The third kappa shape index (κ3) is 4.64. The molecule has 0 radical (unpaired) electrons. The van der Waals surface area contributed by atoms with Gasteiger partial charge in [0.25, 0.3) is 5.56 Å². The number of pyridine rings is 1. The number of halogens is 1. The van der Waals surface area contributed by atoms with Gasteiger partial charge in [0.05, 0.1) is 18.5 Å². The lowest BCUT2D eigenvalue weighted by Gasteiger charge is -2.10. The Morgan fingerprint density at radius 3 is 2.81 bits per heavy atom. The van der Waals surface area contributed by atoms with Crippen LogP contribution in [0.25, 0.3) is 22.6 Å². The number of hydrogen-bond donors (Lipinski definition) is 1. The molecule has 3 aromatic heterocycles. The van der Waals surface area contributed by atoms with Crippen molar-refractivity contribution in [2.24, 2.45) is 0 Å². The van der Waals surface area contributed by atoms with Gasteiger partial charge in [-0.05, 0) is 30.3 Å². The van der Waals surface area contributed by atoms with E-state index in [1.54, 1.807) is 17.6 Å². The number of benzene rings is 1. The average Bonchev–Trinajstić information content (AvgIpc) is 3.24. The molecule has 0 saturated heterocycles. The molecule has 1 amide bonds. The van der Waals surface area contributed by atoms with Gasteiger partial charge in [-0.1, -0.05) is 6.07 Å². The zero-order valence-corrected chi connectivity index (χ0v) is 17.1. The molecule has 4 aromatic rings. The van der Waals surface area contributed by atoms with Crippen molar-refractivity contribution in [1.82, 2.24) is 19.7 Å². The van der Waals surface area contributed by atoms with Gasteiger partial charge < -0.3 is 10.1 Å². The van der Waals surface area contributed by atoms with Crippen LogP contribution in [-0.4, -0.2) is 32.8 Å². The van der Waals surface area contributed by atoms with E-state index in [-0.39, 0.29) is 12.3 Å². The van der Waals surface area contributed by atoms with E-state index in [1.165, 1.54) is 48.8 Å². The van der Waals surface area contributed by atoms with Crippen LogP contribution in [0.4, 0.5) is 9.52 Å². The highest BCUT2D eigenvalue weighted by Crippen LogP contribution is 2.28. The summed E-state index contributed by atoms with van der Waals surface area (Å²) in [7, 11) is 1.41. The molecule has 0 spiro atoms. The van der Waals surface area contributed by atoms with E-state index in [2.05, 4.69) is 20.4 Å². The first-order chi connectivity index (χ1) is 15.0. The largest absolute Gasteiger partial charge is 0.496 e. The molecule has 0 saturated carbocycles. The fourth-order valence-corrected chi connectivity index (χ4v) is 3.56. The number of nitrogens with zero attached hydrogens (tertiary/aromatic N) is 4. The Morgan fingerprint density at radius 1 is 1.16 bits per heavy atom. The standard InChI is InChI=1S/C21H16FN5O3S/c1-30-18-10-13(22)5-6-14(18)15-7-8-20(29)27(26-15)11-19(28)25-21-24-17(12-31-21)16-4-2-3-9-23-16/h2-10,12H,11H2,1H3,(H,24,25,28). The molecule has 1 aromatic carbocycles. The summed E-state index contributed by atoms with van der Waals surface area (Å²) in [5, 5.41) is 9.06. The number of anilines is 1. The van der Waals surface area contributed by atoms with Crippen molar-refractivity contribution < 1.29 is 13.9 Å². The predicted octanol–water partition coefficient (Wildman–Crippen LogP) is 3.22. The summed E-state index contributed by atoms with van der Waals surface area (Å²) in [6.45, 7) is -0.311. The summed E-state index contributed by atoms with van der Waals surface area (Å²) in [6.07, 6.45) is 1.66. The van der Waals surface area contributed by atoms with Crippen LogP contribution < -0.4 is 15.6 Å². The van der Waals surface area contributed by atoms with Crippen molar-refractivity contribution in [1.29, 1.82) is 0 Å². The molecule has 0 bridgehead atoms. The normalized spacial score (nSPS) is 10.6. The summed E-state index contributed by atoms with van der Waals surface area (Å²) < 4.78 is 19.7. The van der Waals surface area contributed by atoms with Crippen LogP contribution in [-0.2, 0) is 11.3 Å². The Hall–Kier alpha value is -3.92. The Morgan fingerprint density at radius 2 is 2.03 bits per heavy atom. The quantitative estimate of drug-likeness (QED) is 0.497. The number of carbonyl (C=O) groups excluding carboxylic acids is 1. The van der Waals surface area contributed by atoms with E-state index in [4.69, 9.17) is 4.74 Å². The molecule has 0 aliphatic carbocycles. The molecule has 0 unspecified atom stereocenters. The van der Waals surface area contributed by atoms with Crippen molar-refractivity contribution >= 4 is 22.4 Å². The number of ether oxygens (including phenoxy) is 1. The van der Waals surface area contributed by atoms with Crippen LogP contribution in [0, 0.1) is 5.82 Å². The molecule has 156 valence electrons. The van der Waals surface area contributed by atoms with E-state index in [1.807, 2.05) is 12.1 Å². The monoisotopic (exact) mass is 437 g/mol. The fraction of sp³-hybridized carbons (Fsp3) is 0.0952. The molecule has 0 aliphatic rings. The summed E-state index contributed by atoms with van der Waals surface area (Å²) in [5.74, 6) is -0.645. The molecule has 31 heavy (non-hydrogen) atoms. The summed E-state index contributed by atoms with van der Waals surface area (Å²) in [4.78, 5) is 33.2. The van der Waals surface area contributed by atoms with Crippen molar-refractivity contribution in [3.8, 4) is 28.4 Å². The maximum Gasteiger partial charge on any atom is 0.267 e. The molecule has 1 N–H and O–H groups in total. The van der Waals surface area contributed by atoms with Crippen LogP contribution in [0.15, 0.2) is 64.9 Å². The molecule has 3 heterocycles. The Labute approximate surface area is 180 Å². The molecular weight excluding hydrogens is 421 g/mol. The third-order valence-corrected chi connectivity index (χ3v) is 5.04. The smallest absolute Gasteiger partial charge is 0.267 e. The topological polar surface area (TPSA) is 99.0 Å². The molecule has 10 heteroatoms. The minimum atomic E-state index is -0.459. The van der Waals surface area contributed by atoms with Crippen molar-refractivity contribution in [2.75, 3.05) is 12.4 Å². The molecule has 4 rings (SSSR count). The van der Waals surface area contributed by atoms with Crippen LogP contribution >= 0.6 is 11.3 Å². The highest BCUT2D eigenvalue weighted by atomic mass is 32.1. The second-order valence-electron chi connectivity index (χ2n) is 6.36. The zero-order chi connectivity index (χ0) is 21.8. The zero-order valence-electron chi connectivity index (χ0n) is 16.3. The molecule has 0 aliphatic heterocycles. The number of rotatable bonds is 6. The maximum atomic E-state index is 13.5. The van der Waals surface area contributed by atoms with Crippen molar-refractivity contribution in [3.05, 3.63) is 76.3 Å². The lowest BCUT2D eigenvalue weighted by Crippen LogP contribution is -2.29. The molecule has 0 atom stereocenters. The summed E-state index contributed by atoms with van der Waals surface area (Å²) in [5.41, 5.74) is 1.75. The summed E-state index contributed by atoms with van der Waals surface area (Å²) in [6, 6.07) is 12.2. The Kier molecular flexibility index (Phi) is 5.80. The van der Waals surface area contributed by atoms with Gasteiger partial charge >= 0.3 is 0 Å². The first-order valence-electron chi connectivity index (χ1n) is 9.12. The van der Waals surface area contributed by atoms with Gasteiger partial charge in [-0.25, -0.2) is 14.1 Å². The highest BCUT2D eigenvalue weighted by molar-refractivity contribution is 7.14. The number of amides is 1. The number of carbonyl (C=O) groups is 1. The Bertz CT molecular complexity index is 1290. The van der Waals surface area contributed by atoms with E-state index >= 15 is 0 Å². The predicted molar refractivity (Wildman–Crippen MR) is 114 cm³/mol. The minimum Gasteiger partial charge on any atom is -0.496 e. The van der Waals surface area contributed by atoms with Gasteiger partial charge in [-0.15, -0.1) is 11.3 Å². The molecule has 0 fully saturated rings. The van der Waals surface area contributed by atoms with Crippen LogP contribution in [0.5, 0.6) is 5.75 Å². The van der Waals surface area contributed by atoms with E-state index in [0.29, 0.717) is 27.8 Å². The van der Waals surface area contributed by atoms with E-state index in [9.17, 15) is 14.0 Å². The minimum absolute atomic E-state index is 0.270. The maximum absolute atomic E-state index is 13.5. The SMILES string of the molecule is COc1cc(F)ccc1-c1ccc(=O)n(CC(=O)Nc2nc(-c3ccccn3)cs2)n1. The van der Waals surface area contributed by atoms with E-state index < -0.39 is 17.3 Å². The first kappa shape index (κ1) is 20.4. The van der Waals surface area contributed by atoms with Crippen molar-refractivity contribution in [3.63, 3.8) is 0 Å². The van der Waals surface area contributed by atoms with Gasteiger partial charge in [-0.2, -0.15) is 5.10 Å². The Balaban J connectivity index is 1.52. The van der Waals surface area contributed by atoms with Crippen LogP contribution in [0.2, 0.25) is 0 Å².